The molecule has 0 radical (unpaired) electrons. The number of likely N-dealkylation sites (tertiary alicyclic amines) is 1. The van der Waals surface area contributed by atoms with Crippen molar-refractivity contribution in [3.63, 3.8) is 0 Å². The number of rotatable bonds is 4. The Balaban J connectivity index is 2.01. The SMILES string of the molecule is CCCNC(=O)CC12CNCC(CN(C(N)=O)C1)C2. The number of hydrogen-bond donors (Lipinski definition) is 3. The first-order valence-corrected chi connectivity index (χ1v) is 7.06. The van der Waals surface area contributed by atoms with E-state index in [4.69, 9.17) is 5.73 Å². The third kappa shape index (κ3) is 3.37. The predicted molar refractivity (Wildman–Crippen MR) is 72.5 cm³/mol. The van der Waals surface area contributed by atoms with Crippen molar-refractivity contribution in [2.45, 2.75) is 26.2 Å². The Kier molecular flexibility index (Phi) is 4.29. The second-order valence-electron chi connectivity index (χ2n) is 5.95. The van der Waals surface area contributed by atoms with Gasteiger partial charge in [0, 0.05) is 38.0 Å². The predicted octanol–water partition coefficient (Wildman–Crippen LogP) is -0.107. The van der Waals surface area contributed by atoms with Crippen LogP contribution < -0.4 is 16.4 Å². The molecular weight excluding hydrogens is 244 g/mol. The zero-order valence-corrected chi connectivity index (χ0v) is 11.6. The van der Waals surface area contributed by atoms with E-state index in [0.29, 0.717) is 32.0 Å². The minimum absolute atomic E-state index is 0.0793. The highest BCUT2D eigenvalue weighted by atomic mass is 16.2. The maximum Gasteiger partial charge on any atom is 0.314 e. The molecule has 0 aromatic rings. The van der Waals surface area contributed by atoms with Crippen LogP contribution in [0.4, 0.5) is 4.79 Å². The molecule has 19 heavy (non-hydrogen) atoms. The Bertz CT molecular complexity index is 361. The summed E-state index contributed by atoms with van der Waals surface area (Å²) in [6, 6.07) is -0.370. The van der Waals surface area contributed by atoms with E-state index >= 15 is 0 Å². The molecule has 2 unspecified atom stereocenters. The van der Waals surface area contributed by atoms with Gasteiger partial charge in [0.2, 0.25) is 5.91 Å². The van der Waals surface area contributed by atoms with Crippen LogP contribution in [0.25, 0.3) is 0 Å². The fourth-order valence-electron chi connectivity index (χ4n) is 3.35. The Labute approximate surface area is 114 Å². The molecule has 0 aromatic carbocycles. The Morgan fingerprint density at radius 3 is 3.00 bits per heavy atom. The number of primary amides is 1. The summed E-state index contributed by atoms with van der Waals surface area (Å²) in [5.41, 5.74) is 5.26. The number of amides is 3. The quantitative estimate of drug-likeness (QED) is 0.665. The maximum atomic E-state index is 12.0. The summed E-state index contributed by atoms with van der Waals surface area (Å²) < 4.78 is 0. The second kappa shape index (κ2) is 5.77. The monoisotopic (exact) mass is 268 g/mol. The van der Waals surface area contributed by atoms with Crippen molar-refractivity contribution in [2.75, 3.05) is 32.7 Å². The molecule has 4 N–H and O–H groups in total. The lowest BCUT2D eigenvalue weighted by Crippen LogP contribution is -2.60. The number of urea groups is 1. The minimum Gasteiger partial charge on any atom is -0.356 e. The van der Waals surface area contributed by atoms with Crippen molar-refractivity contribution < 1.29 is 9.59 Å². The number of carbonyl (C=O) groups is 2. The molecule has 0 spiro atoms. The number of nitrogens with one attached hydrogen (secondary N) is 2. The molecule has 2 atom stereocenters. The van der Waals surface area contributed by atoms with E-state index in [9.17, 15) is 9.59 Å². The molecule has 6 nitrogen and oxygen atoms in total. The third-order valence-corrected chi connectivity index (χ3v) is 4.08. The van der Waals surface area contributed by atoms with Crippen LogP contribution in [0.3, 0.4) is 0 Å². The fraction of sp³-hybridized carbons (Fsp3) is 0.846. The average Bonchev–Trinajstić information content (AvgIpc) is 2.35. The summed E-state index contributed by atoms with van der Waals surface area (Å²) >= 11 is 0. The van der Waals surface area contributed by atoms with Crippen molar-refractivity contribution in [3.05, 3.63) is 0 Å². The molecule has 2 aliphatic rings. The van der Waals surface area contributed by atoms with Crippen molar-refractivity contribution in [2.24, 2.45) is 17.1 Å². The largest absolute Gasteiger partial charge is 0.356 e. The van der Waals surface area contributed by atoms with Gasteiger partial charge in [0.05, 0.1) is 0 Å². The Morgan fingerprint density at radius 1 is 1.53 bits per heavy atom. The molecule has 2 aliphatic heterocycles. The van der Waals surface area contributed by atoms with Gasteiger partial charge in [-0.2, -0.15) is 0 Å². The van der Waals surface area contributed by atoms with E-state index in [1.807, 2.05) is 6.92 Å². The summed E-state index contributed by atoms with van der Waals surface area (Å²) in [7, 11) is 0. The van der Waals surface area contributed by atoms with Crippen LogP contribution in [0.5, 0.6) is 0 Å². The van der Waals surface area contributed by atoms with E-state index in [-0.39, 0.29) is 17.4 Å². The fourth-order valence-corrected chi connectivity index (χ4v) is 3.35. The van der Waals surface area contributed by atoms with E-state index in [1.165, 1.54) is 0 Å². The number of nitrogens with zero attached hydrogens (tertiary/aromatic N) is 1. The third-order valence-electron chi connectivity index (χ3n) is 4.08. The highest BCUT2D eigenvalue weighted by Crippen LogP contribution is 2.38. The molecular formula is C13H24N4O2. The molecule has 6 heteroatoms. The van der Waals surface area contributed by atoms with Gasteiger partial charge in [-0.15, -0.1) is 0 Å². The first kappa shape index (κ1) is 14.1. The Morgan fingerprint density at radius 2 is 2.32 bits per heavy atom. The van der Waals surface area contributed by atoms with Gasteiger partial charge >= 0.3 is 6.03 Å². The molecule has 0 aromatic heterocycles. The zero-order valence-electron chi connectivity index (χ0n) is 11.6. The van der Waals surface area contributed by atoms with Gasteiger partial charge in [-0.05, 0) is 25.3 Å². The molecule has 2 rings (SSSR count). The van der Waals surface area contributed by atoms with Crippen molar-refractivity contribution in [1.82, 2.24) is 15.5 Å². The van der Waals surface area contributed by atoms with Crippen LogP contribution >= 0.6 is 0 Å². The standard InChI is InChI=1S/C13H24N4O2/c1-2-3-16-11(18)5-13-4-10(6-15-8-13)7-17(9-13)12(14)19/h10,15H,2-9H2,1H3,(H2,14,19)(H,16,18). The smallest absolute Gasteiger partial charge is 0.314 e. The highest BCUT2D eigenvalue weighted by Gasteiger charge is 2.44. The van der Waals surface area contributed by atoms with Crippen LogP contribution in [0, 0.1) is 11.3 Å². The van der Waals surface area contributed by atoms with Crippen LogP contribution in [-0.2, 0) is 4.79 Å². The number of fused-ring (bicyclic) bond motifs is 2. The molecule has 108 valence electrons. The first-order valence-electron chi connectivity index (χ1n) is 7.06. The summed E-state index contributed by atoms with van der Waals surface area (Å²) in [6.45, 7) is 5.73. The van der Waals surface area contributed by atoms with Crippen LogP contribution in [0.2, 0.25) is 0 Å². The number of piperidine rings is 2. The van der Waals surface area contributed by atoms with Crippen molar-refractivity contribution in [3.8, 4) is 0 Å². The van der Waals surface area contributed by atoms with Gasteiger partial charge in [0.1, 0.15) is 0 Å². The molecule has 2 fully saturated rings. The zero-order chi connectivity index (χ0) is 13.9. The van der Waals surface area contributed by atoms with Crippen molar-refractivity contribution >= 4 is 11.9 Å². The lowest BCUT2D eigenvalue weighted by Gasteiger charge is -2.49. The minimum atomic E-state index is -0.370. The van der Waals surface area contributed by atoms with Gasteiger partial charge in [0.15, 0.2) is 0 Å². The second-order valence-corrected chi connectivity index (χ2v) is 5.95. The topological polar surface area (TPSA) is 87.5 Å². The van der Waals surface area contributed by atoms with Gasteiger partial charge in [-0.1, -0.05) is 6.92 Å². The maximum absolute atomic E-state index is 12.0. The van der Waals surface area contributed by atoms with Gasteiger partial charge in [-0.25, -0.2) is 4.79 Å². The van der Waals surface area contributed by atoms with Gasteiger partial charge in [-0.3, -0.25) is 4.79 Å². The van der Waals surface area contributed by atoms with E-state index in [1.54, 1.807) is 4.90 Å². The molecule has 2 heterocycles. The number of hydrogen-bond acceptors (Lipinski definition) is 3. The molecule has 0 aliphatic carbocycles. The van der Waals surface area contributed by atoms with E-state index in [0.717, 1.165) is 25.9 Å². The number of nitrogens with two attached hydrogens (primary N) is 1. The normalized spacial score (nSPS) is 29.9. The summed E-state index contributed by atoms with van der Waals surface area (Å²) in [6.07, 6.45) is 2.41. The van der Waals surface area contributed by atoms with Crippen LogP contribution in [0.1, 0.15) is 26.2 Å². The van der Waals surface area contributed by atoms with Gasteiger partial charge < -0.3 is 21.3 Å². The molecule has 2 saturated heterocycles. The lowest BCUT2D eigenvalue weighted by molar-refractivity contribution is -0.125. The first-order chi connectivity index (χ1) is 9.04. The lowest BCUT2D eigenvalue weighted by atomic mass is 9.70. The summed E-state index contributed by atoms with van der Waals surface area (Å²) in [4.78, 5) is 25.1. The highest BCUT2D eigenvalue weighted by molar-refractivity contribution is 5.77. The summed E-state index contributed by atoms with van der Waals surface area (Å²) in [5.74, 6) is 0.490. The van der Waals surface area contributed by atoms with E-state index in [2.05, 4.69) is 10.6 Å². The molecule has 3 amide bonds. The van der Waals surface area contributed by atoms with Crippen molar-refractivity contribution in [1.29, 1.82) is 0 Å². The van der Waals surface area contributed by atoms with Crippen LogP contribution in [0.15, 0.2) is 0 Å². The van der Waals surface area contributed by atoms with Crippen LogP contribution in [-0.4, -0.2) is 49.6 Å². The molecule has 2 bridgehead atoms. The Hall–Kier alpha value is -1.30. The van der Waals surface area contributed by atoms with E-state index < -0.39 is 0 Å². The summed E-state index contributed by atoms with van der Waals surface area (Å²) in [5, 5.41) is 6.31. The van der Waals surface area contributed by atoms with Gasteiger partial charge in [0.25, 0.3) is 0 Å². The molecule has 0 saturated carbocycles. The average molecular weight is 268 g/mol. The number of carbonyl (C=O) groups excluding carboxylic acids is 2.